The van der Waals surface area contributed by atoms with Gasteiger partial charge in [-0.05, 0) is 42.3 Å². The number of para-hydroxylation sites is 1. The van der Waals surface area contributed by atoms with Crippen molar-refractivity contribution in [2.24, 2.45) is 5.10 Å². The number of hydrogen-bond acceptors (Lipinski definition) is 4. The summed E-state index contributed by atoms with van der Waals surface area (Å²) in [5, 5.41) is 15.6. The Hall–Kier alpha value is -4.02. The van der Waals surface area contributed by atoms with Crippen molar-refractivity contribution in [3.8, 4) is 6.07 Å². The smallest absolute Gasteiger partial charge is 0.282 e. The Morgan fingerprint density at radius 2 is 1.89 bits per heavy atom. The second-order valence-electron chi connectivity index (χ2n) is 8.30. The molecule has 0 aliphatic heterocycles. The van der Waals surface area contributed by atoms with E-state index in [2.05, 4.69) is 38.6 Å². The number of aromatic nitrogens is 3. The van der Waals surface area contributed by atoms with E-state index in [-0.39, 0.29) is 5.56 Å². The topological polar surface area (TPSA) is 76.0 Å². The number of aryl methyl sites for hydroxylation is 1. The predicted octanol–water partition coefficient (Wildman–Crippen LogP) is 5.87. The molecule has 0 saturated heterocycles. The van der Waals surface area contributed by atoms with Gasteiger partial charge in [0.25, 0.3) is 5.56 Å². The fourth-order valence-corrected chi connectivity index (χ4v) is 4.64. The molecule has 5 aromatic rings. The molecule has 0 aliphatic carbocycles. The number of nitrogens with zero attached hydrogens (tertiary/aromatic N) is 5. The number of rotatable bonds is 6. The van der Waals surface area contributed by atoms with Gasteiger partial charge in [-0.3, -0.25) is 4.79 Å². The summed E-state index contributed by atoms with van der Waals surface area (Å²) in [6.45, 7) is 2.61. The van der Waals surface area contributed by atoms with Crippen molar-refractivity contribution in [2.45, 2.75) is 26.3 Å². The minimum atomic E-state index is -0.192. The summed E-state index contributed by atoms with van der Waals surface area (Å²) >= 11 is 3.45. The van der Waals surface area contributed by atoms with Crippen LogP contribution in [0.25, 0.3) is 21.8 Å². The van der Waals surface area contributed by atoms with Crippen LogP contribution in [0, 0.1) is 11.3 Å². The van der Waals surface area contributed by atoms with E-state index in [0.29, 0.717) is 35.3 Å². The summed E-state index contributed by atoms with van der Waals surface area (Å²) in [7, 11) is 0. The third-order valence-corrected chi connectivity index (χ3v) is 6.45. The van der Waals surface area contributed by atoms with Crippen LogP contribution in [0.15, 0.2) is 87.3 Å². The van der Waals surface area contributed by atoms with Crippen LogP contribution in [0.5, 0.6) is 0 Å². The van der Waals surface area contributed by atoms with Crippen LogP contribution in [0.1, 0.15) is 35.9 Å². The molecule has 0 spiro atoms. The second-order valence-corrected chi connectivity index (χ2v) is 9.22. The van der Waals surface area contributed by atoms with Gasteiger partial charge in [-0.1, -0.05) is 59.3 Å². The second kappa shape index (κ2) is 9.69. The molecule has 0 aliphatic rings. The fourth-order valence-electron chi connectivity index (χ4n) is 4.28. The van der Waals surface area contributed by atoms with E-state index in [0.717, 1.165) is 32.9 Å². The van der Waals surface area contributed by atoms with Gasteiger partial charge in [0.2, 0.25) is 0 Å². The zero-order valence-electron chi connectivity index (χ0n) is 19.1. The summed E-state index contributed by atoms with van der Waals surface area (Å²) in [5.41, 5.74) is 4.00. The molecule has 0 radical (unpaired) electrons. The van der Waals surface area contributed by atoms with Gasteiger partial charge in [-0.15, -0.1) is 0 Å². The number of halogens is 1. The van der Waals surface area contributed by atoms with E-state index in [1.54, 1.807) is 12.3 Å². The van der Waals surface area contributed by atoms with Crippen molar-refractivity contribution < 1.29 is 0 Å². The molecule has 0 saturated carbocycles. The predicted molar refractivity (Wildman–Crippen MR) is 143 cm³/mol. The van der Waals surface area contributed by atoms with Crippen LogP contribution in [0.4, 0.5) is 0 Å². The lowest BCUT2D eigenvalue weighted by Crippen LogP contribution is -2.22. The summed E-state index contributed by atoms with van der Waals surface area (Å²) in [6.07, 6.45) is 5.23. The first-order valence-corrected chi connectivity index (χ1v) is 12.2. The molecule has 0 N–H and O–H groups in total. The normalized spacial score (nSPS) is 11.5. The van der Waals surface area contributed by atoms with E-state index in [1.807, 2.05) is 66.9 Å². The SMILES string of the molecule is CCCc1nc2ccc(Br)cc2c(=O)n1N=Cc1cn(Cc2ccccc2C#N)c2ccccc12. The molecule has 172 valence electrons. The average molecular weight is 524 g/mol. The summed E-state index contributed by atoms with van der Waals surface area (Å²) in [4.78, 5) is 18.0. The van der Waals surface area contributed by atoms with E-state index in [4.69, 9.17) is 4.98 Å². The van der Waals surface area contributed by atoms with Gasteiger partial charge >= 0.3 is 0 Å². The lowest BCUT2D eigenvalue weighted by atomic mass is 10.1. The molecule has 0 fully saturated rings. The highest BCUT2D eigenvalue weighted by Crippen LogP contribution is 2.22. The maximum atomic E-state index is 13.3. The Kier molecular flexibility index (Phi) is 6.30. The van der Waals surface area contributed by atoms with Crippen molar-refractivity contribution in [3.63, 3.8) is 0 Å². The minimum absolute atomic E-state index is 0.192. The lowest BCUT2D eigenvalue weighted by molar-refractivity contribution is 0.704. The molecule has 5 rings (SSSR count). The summed E-state index contributed by atoms with van der Waals surface area (Å²) in [5.74, 6) is 0.634. The standard InChI is InChI=1S/C28H22BrN5O/c1-2-7-27-32-25-13-12-22(29)14-24(25)28(35)34(27)31-16-21-18-33(26-11-6-5-10-23(21)26)17-20-9-4-3-8-19(20)15-30/h3-6,8-14,16,18H,2,7,17H2,1H3. The van der Waals surface area contributed by atoms with E-state index in [1.165, 1.54) is 4.68 Å². The highest BCUT2D eigenvalue weighted by Gasteiger charge is 2.12. The Morgan fingerprint density at radius 3 is 2.71 bits per heavy atom. The Morgan fingerprint density at radius 1 is 1.09 bits per heavy atom. The maximum Gasteiger partial charge on any atom is 0.282 e. The molecular weight excluding hydrogens is 502 g/mol. The molecule has 6 nitrogen and oxygen atoms in total. The largest absolute Gasteiger partial charge is 0.342 e. The fraction of sp³-hybridized carbons (Fsp3) is 0.143. The van der Waals surface area contributed by atoms with Gasteiger partial charge < -0.3 is 4.57 Å². The van der Waals surface area contributed by atoms with Crippen molar-refractivity contribution >= 4 is 44.0 Å². The molecule has 0 atom stereocenters. The zero-order chi connectivity index (χ0) is 24.4. The average Bonchev–Trinajstić information content (AvgIpc) is 3.22. The molecule has 0 unspecified atom stereocenters. The summed E-state index contributed by atoms with van der Waals surface area (Å²) in [6, 6.07) is 23.5. The molecule has 35 heavy (non-hydrogen) atoms. The third kappa shape index (κ3) is 4.41. The molecule has 0 bridgehead atoms. The number of fused-ring (bicyclic) bond motifs is 2. The third-order valence-electron chi connectivity index (χ3n) is 5.96. The van der Waals surface area contributed by atoms with Crippen molar-refractivity contribution in [1.29, 1.82) is 5.26 Å². The first-order valence-electron chi connectivity index (χ1n) is 11.4. The highest BCUT2D eigenvalue weighted by molar-refractivity contribution is 9.10. The molecular formula is C28H22BrN5O. The highest BCUT2D eigenvalue weighted by atomic mass is 79.9. The molecule has 7 heteroatoms. The molecule has 3 aromatic carbocycles. The molecule has 2 aromatic heterocycles. The Labute approximate surface area is 210 Å². The van der Waals surface area contributed by atoms with Crippen LogP contribution in [0.2, 0.25) is 0 Å². The van der Waals surface area contributed by atoms with Crippen molar-refractivity contribution in [1.82, 2.24) is 14.2 Å². The maximum absolute atomic E-state index is 13.3. The number of hydrogen-bond donors (Lipinski definition) is 0. The Bertz CT molecular complexity index is 1690. The molecule has 2 heterocycles. The Balaban J connectivity index is 1.61. The van der Waals surface area contributed by atoms with Gasteiger partial charge in [0.15, 0.2) is 0 Å². The monoisotopic (exact) mass is 523 g/mol. The van der Waals surface area contributed by atoms with E-state index < -0.39 is 0 Å². The summed E-state index contributed by atoms with van der Waals surface area (Å²) < 4.78 is 4.34. The first-order chi connectivity index (χ1) is 17.1. The van der Waals surface area contributed by atoms with E-state index >= 15 is 0 Å². The van der Waals surface area contributed by atoms with Crippen molar-refractivity contribution in [2.75, 3.05) is 0 Å². The first kappa shape index (κ1) is 22.8. The van der Waals surface area contributed by atoms with Gasteiger partial charge in [0, 0.05) is 40.1 Å². The van der Waals surface area contributed by atoms with Crippen LogP contribution >= 0.6 is 15.9 Å². The quantitative estimate of drug-likeness (QED) is 0.261. The van der Waals surface area contributed by atoms with Gasteiger partial charge in [-0.2, -0.15) is 15.0 Å². The molecule has 0 amide bonds. The van der Waals surface area contributed by atoms with Gasteiger partial charge in [0.05, 0.1) is 28.8 Å². The minimum Gasteiger partial charge on any atom is -0.342 e. The number of nitriles is 1. The van der Waals surface area contributed by atoms with Crippen LogP contribution in [-0.4, -0.2) is 20.4 Å². The van der Waals surface area contributed by atoms with Crippen LogP contribution in [0.3, 0.4) is 0 Å². The zero-order valence-corrected chi connectivity index (χ0v) is 20.7. The van der Waals surface area contributed by atoms with Gasteiger partial charge in [-0.25, -0.2) is 4.98 Å². The van der Waals surface area contributed by atoms with Crippen LogP contribution in [-0.2, 0) is 13.0 Å². The number of benzene rings is 3. The van der Waals surface area contributed by atoms with E-state index in [9.17, 15) is 10.1 Å². The van der Waals surface area contributed by atoms with Gasteiger partial charge in [0.1, 0.15) is 5.82 Å². The van der Waals surface area contributed by atoms with Crippen LogP contribution < -0.4 is 5.56 Å². The lowest BCUT2D eigenvalue weighted by Gasteiger charge is -2.08. The van der Waals surface area contributed by atoms with Crippen molar-refractivity contribution in [3.05, 3.63) is 110 Å².